The largest absolute Gasteiger partial charge is 0.373 e. The number of hydrogen-bond acceptors (Lipinski definition) is 7. The lowest BCUT2D eigenvalue weighted by Crippen LogP contribution is -2.25. The van der Waals surface area contributed by atoms with Gasteiger partial charge in [0.25, 0.3) is 5.91 Å². The van der Waals surface area contributed by atoms with E-state index < -0.39 is 11.6 Å². The monoisotopic (exact) mass is 545 g/mol. The van der Waals surface area contributed by atoms with Crippen molar-refractivity contribution in [1.29, 1.82) is 0 Å². The van der Waals surface area contributed by atoms with Gasteiger partial charge in [-0.25, -0.2) is 28.7 Å². The summed E-state index contributed by atoms with van der Waals surface area (Å²) in [4.78, 5) is 33.7. The Morgan fingerprint density at radius 1 is 1.02 bits per heavy atom. The molecule has 206 valence electrons. The molecule has 2 saturated carbocycles. The number of hydrogen-bond donors (Lipinski definition) is 0. The van der Waals surface area contributed by atoms with Crippen LogP contribution in [-0.2, 0) is 4.74 Å². The molecule has 11 heteroatoms. The van der Waals surface area contributed by atoms with E-state index in [1.54, 1.807) is 14.1 Å². The predicted octanol–water partition coefficient (Wildman–Crippen LogP) is 5.11. The molecule has 3 aliphatic rings. The van der Waals surface area contributed by atoms with Crippen molar-refractivity contribution in [3.8, 4) is 11.3 Å². The molecule has 2 atom stereocenters. The van der Waals surface area contributed by atoms with Crippen LogP contribution in [0.25, 0.3) is 22.4 Å². The highest BCUT2D eigenvalue weighted by Gasteiger charge is 2.34. The second kappa shape index (κ2) is 9.65. The molecule has 4 heterocycles. The first-order valence-electron chi connectivity index (χ1n) is 13.8. The van der Waals surface area contributed by atoms with Crippen molar-refractivity contribution in [2.45, 2.75) is 62.5 Å². The van der Waals surface area contributed by atoms with Gasteiger partial charge in [0.1, 0.15) is 28.7 Å². The maximum atomic E-state index is 15.1. The molecular weight excluding hydrogens is 516 g/mol. The summed E-state index contributed by atoms with van der Waals surface area (Å²) in [6.45, 7) is 0.515. The summed E-state index contributed by atoms with van der Waals surface area (Å²) in [6.07, 6.45) is 9.21. The molecule has 1 aromatic carbocycles. The summed E-state index contributed by atoms with van der Waals surface area (Å²) in [6, 6.07) is 3.84. The lowest BCUT2D eigenvalue weighted by molar-refractivity contribution is 0.00396. The second-order valence-corrected chi connectivity index (χ2v) is 11.2. The number of carbonyl (C=O) groups is 1. The third-order valence-electron chi connectivity index (χ3n) is 7.90. The van der Waals surface area contributed by atoms with Gasteiger partial charge in [-0.05, 0) is 50.7 Å². The zero-order valence-electron chi connectivity index (χ0n) is 22.3. The Kier molecular flexibility index (Phi) is 6.06. The maximum absolute atomic E-state index is 15.1. The van der Waals surface area contributed by atoms with Crippen LogP contribution in [0, 0.1) is 11.6 Å². The molecule has 7 rings (SSSR count). The Balaban J connectivity index is 1.34. The van der Waals surface area contributed by atoms with Crippen LogP contribution in [-0.4, -0.2) is 61.2 Å². The van der Waals surface area contributed by atoms with E-state index in [1.807, 2.05) is 10.9 Å². The topological polar surface area (TPSA) is 98.9 Å². The first-order valence-corrected chi connectivity index (χ1v) is 13.8. The lowest BCUT2D eigenvalue weighted by Gasteiger charge is -2.28. The fraction of sp³-hybridized carbons (Fsp3) is 0.448. The van der Waals surface area contributed by atoms with E-state index in [0.29, 0.717) is 42.7 Å². The first kappa shape index (κ1) is 25.1. The van der Waals surface area contributed by atoms with Crippen LogP contribution in [0.3, 0.4) is 0 Å². The number of benzene rings is 1. The smallest absolute Gasteiger partial charge is 0.273 e. The molecule has 1 saturated heterocycles. The van der Waals surface area contributed by atoms with Gasteiger partial charge in [0.15, 0.2) is 11.3 Å². The molecule has 0 bridgehead atoms. The van der Waals surface area contributed by atoms with Crippen molar-refractivity contribution in [3.05, 3.63) is 65.0 Å². The van der Waals surface area contributed by atoms with E-state index in [1.165, 1.54) is 17.0 Å². The van der Waals surface area contributed by atoms with Crippen LogP contribution in [0.4, 0.5) is 8.78 Å². The third kappa shape index (κ3) is 4.61. The summed E-state index contributed by atoms with van der Waals surface area (Å²) >= 11 is 0. The summed E-state index contributed by atoms with van der Waals surface area (Å²) in [5, 5.41) is 4.51. The Morgan fingerprint density at radius 3 is 2.58 bits per heavy atom. The molecule has 3 fully saturated rings. The highest BCUT2D eigenvalue weighted by molar-refractivity contribution is 5.97. The molecule has 4 aromatic rings. The van der Waals surface area contributed by atoms with Crippen LogP contribution in [0.2, 0.25) is 0 Å². The molecule has 0 N–H and O–H groups in total. The average Bonchev–Trinajstić information content (AvgIpc) is 3.90. The number of halogens is 2. The van der Waals surface area contributed by atoms with E-state index in [-0.39, 0.29) is 46.3 Å². The summed E-state index contributed by atoms with van der Waals surface area (Å²) in [7, 11) is 3.31. The highest BCUT2D eigenvalue weighted by Crippen LogP contribution is 2.43. The number of nitrogens with zero attached hydrogens (tertiary/aromatic N) is 7. The normalized spacial score (nSPS) is 21.1. The highest BCUT2D eigenvalue weighted by atomic mass is 19.1. The Hall–Kier alpha value is -3.86. The quantitative estimate of drug-likeness (QED) is 0.332. The van der Waals surface area contributed by atoms with Crippen LogP contribution < -0.4 is 0 Å². The Labute approximate surface area is 229 Å². The van der Waals surface area contributed by atoms with Crippen molar-refractivity contribution in [1.82, 2.24) is 34.6 Å². The Morgan fingerprint density at radius 2 is 1.85 bits per heavy atom. The first-order chi connectivity index (χ1) is 19.4. The number of rotatable bonds is 6. The van der Waals surface area contributed by atoms with Crippen molar-refractivity contribution in [3.63, 3.8) is 0 Å². The van der Waals surface area contributed by atoms with Gasteiger partial charge >= 0.3 is 0 Å². The van der Waals surface area contributed by atoms with Crippen LogP contribution in [0.5, 0.6) is 0 Å². The molecule has 3 aromatic heterocycles. The number of fused-ring (bicyclic) bond motifs is 1. The third-order valence-corrected chi connectivity index (χ3v) is 7.90. The van der Waals surface area contributed by atoms with E-state index in [0.717, 1.165) is 37.3 Å². The fourth-order valence-electron chi connectivity index (χ4n) is 5.36. The predicted molar refractivity (Wildman–Crippen MR) is 142 cm³/mol. The molecular formula is C29H29F2N7O2. The molecule has 2 aliphatic carbocycles. The molecule has 1 amide bonds. The van der Waals surface area contributed by atoms with E-state index in [2.05, 4.69) is 11.3 Å². The van der Waals surface area contributed by atoms with E-state index >= 15 is 4.39 Å². The van der Waals surface area contributed by atoms with Gasteiger partial charge < -0.3 is 9.64 Å². The molecule has 0 unspecified atom stereocenters. The molecule has 0 radical (unpaired) electrons. The van der Waals surface area contributed by atoms with Crippen LogP contribution in [0.1, 0.15) is 90.1 Å². The van der Waals surface area contributed by atoms with Gasteiger partial charge in [0, 0.05) is 55.9 Å². The van der Waals surface area contributed by atoms with Gasteiger partial charge in [0.05, 0.1) is 24.0 Å². The Bertz CT molecular complexity index is 1630. The maximum Gasteiger partial charge on any atom is 0.273 e. The zero-order chi connectivity index (χ0) is 27.5. The summed E-state index contributed by atoms with van der Waals surface area (Å²) < 4.78 is 37.1. The van der Waals surface area contributed by atoms with Crippen molar-refractivity contribution >= 4 is 17.1 Å². The zero-order valence-corrected chi connectivity index (χ0v) is 22.3. The molecule has 1 aliphatic heterocycles. The minimum absolute atomic E-state index is 0.0797. The number of ether oxygens (including phenoxy) is 1. The van der Waals surface area contributed by atoms with Crippen molar-refractivity contribution in [2.24, 2.45) is 0 Å². The number of aromatic nitrogens is 6. The minimum Gasteiger partial charge on any atom is -0.373 e. The minimum atomic E-state index is -0.767. The van der Waals surface area contributed by atoms with Crippen LogP contribution >= 0.6 is 0 Å². The van der Waals surface area contributed by atoms with Crippen molar-refractivity contribution < 1.29 is 18.3 Å². The molecule has 0 spiro atoms. The lowest BCUT2D eigenvalue weighted by atomic mass is 9.92. The van der Waals surface area contributed by atoms with E-state index in [4.69, 9.17) is 24.7 Å². The molecule has 9 nitrogen and oxygen atoms in total. The fourth-order valence-corrected chi connectivity index (χ4v) is 5.36. The average molecular weight is 546 g/mol. The van der Waals surface area contributed by atoms with Gasteiger partial charge in [-0.3, -0.25) is 9.48 Å². The van der Waals surface area contributed by atoms with Gasteiger partial charge in [-0.1, -0.05) is 0 Å². The van der Waals surface area contributed by atoms with Crippen LogP contribution in [0.15, 0.2) is 30.6 Å². The SMILES string of the molecule is CN(C)C(=O)c1nc2c(-c3ccc(F)cc3F)nc([C@H]3CCO[C@@H](c4cnn(C5CC5)c4)C3)nc2nc1C1CC1. The molecule has 40 heavy (non-hydrogen) atoms. The summed E-state index contributed by atoms with van der Waals surface area (Å²) in [5.41, 5.74) is 2.66. The second-order valence-electron chi connectivity index (χ2n) is 11.2. The van der Waals surface area contributed by atoms with Gasteiger partial charge in [-0.15, -0.1) is 0 Å². The van der Waals surface area contributed by atoms with Crippen molar-refractivity contribution in [2.75, 3.05) is 20.7 Å². The van der Waals surface area contributed by atoms with Gasteiger partial charge in [0.2, 0.25) is 0 Å². The standard InChI is InChI=1S/C29H29F2N7O2/c1-37(2)29(39)26-23(15-3-4-15)34-28-25(33-26)24(20-8-5-18(30)12-21(20)31)35-27(36-28)16-9-10-40-22(11-16)17-13-32-38(14-17)19-6-7-19/h5,8,12-16,19,22H,3-4,6-7,9-11H2,1-2H3/t16-,22+/m0/s1. The number of amides is 1. The van der Waals surface area contributed by atoms with Gasteiger partial charge in [-0.2, -0.15) is 5.10 Å². The van der Waals surface area contributed by atoms with E-state index in [9.17, 15) is 9.18 Å². The summed E-state index contributed by atoms with van der Waals surface area (Å²) in [5.74, 6) is -1.18. The number of carbonyl (C=O) groups excluding carboxylic acids is 1.